The van der Waals surface area contributed by atoms with E-state index in [1.165, 1.54) is 28.9 Å². The van der Waals surface area contributed by atoms with Crippen LogP contribution in [-0.2, 0) is 4.79 Å². The molecule has 0 radical (unpaired) electrons. The summed E-state index contributed by atoms with van der Waals surface area (Å²) in [5.74, 6) is -0.899. The van der Waals surface area contributed by atoms with Crippen LogP contribution in [0.5, 0.6) is 0 Å². The Hall–Kier alpha value is -4.79. The van der Waals surface area contributed by atoms with Crippen LogP contribution in [0.25, 0.3) is 5.69 Å². The summed E-state index contributed by atoms with van der Waals surface area (Å²) in [6.07, 6.45) is 0. The van der Waals surface area contributed by atoms with Crippen molar-refractivity contribution in [3.05, 3.63) is 128 Å². The molecule has 0 saturated carbocycles. The standard InChI is InChI=1S/C26H23N5O4/c1-17(23-18(2)29-30(26(23)33)21-13-15-22(16-14-21)31(34)35)27-28-25(32)24(19-9-5-3-6-10-19)20-11-7-4-8-12-20/h3-16,24,29H,1-2H3,(H,28,32)/b27-17+. The van der Waals surface area contributed by atoms with Gasteiger partial charge in [-0.15, -0.1) is 0 Å². The second-order valence-electron chi connectivity index (χ2n) is 7.95. The van der Waals surface area contributed by atoms with Crippen molar-refractivity contribution in [2.75, 3.05) is 0 Å². The van der Waals surface area contributed by atoms with Gasteiger partial charge in [0.25, 0.3) is 17.2 Å². The Morgan fingerprint density at radius 3 is 2.03 bits per heavy atom. The molecule has 1 amide bonds. The van der Waals surface area contributed by atoms with E-state index < -0.39 is 10.8 Å². The summed E-state index contributed by atoms with van der Waals surface area (Å²) in [5.41, 5.74) is 5.43. The summed E-state index contributed by atoms with van der Waals surface area (Å²) >= 11 is 0. The molecule has 0 spiro atoms. The van der Waals surface area contributed by atoms with Crippen molar-refractivity contribution in [2.24, 2.45) is 5.10 Å². The van der Waals surface area contributed by atoms with Crippen molar-refractivity contribution >= 4 is 17.3 Å². The molecule has 0 bridgehead atoms. The van der Waals surface area contributed by atoms with Gasteiger partial charge in [0, 0.05) is 17.8 Å². The molecule has 176 valence electrons. The Balaban J connectivity index is 1.61. The molecule has 0 unspecified atom stereocenters. The summed E-state index contributed by atoms with van der Waals surface area (Å²) < 4.78 is 1.28. The average molecular weight is 470 g/mol. The van der Waals surface area contributed by atoms with Crippen LogP contribution in [0.4, 0.5) is 5.69 Å². The predicted molar refractivity (Wildman–Crippen MR) is 133 cm³/mol. The highest BCUT2D eigenvalue weighted by Crippen LogP contribution is 2.24. The highest BCUT2D eigenvalue weighted by molar-refractivity contribution is 6.00. The van der Waals surface area contributed by atoms with Gasteiger partial charge in [0.05, 0.1) is 27.8 Å². The highest BCUT2D eigenvalue weighted by atomic mass is 16.6. The van der Waals surface area contributed by atoms with Gasteiger partial charge in [-0.05, 0) is 37.1 Å². The van der Waals surface area contributed by atoms with E-state index in [9.17, 15) is 19.7 Å². The van der Waals surface area contributed by atoms with Gasteiger partial charge in [-0.2, -0.15) is 5.10 Å². The Morgan fingerprint density at radius 2 is 1.51 bits per heavy atom. The topological polar surface area (TPSA) is 122 Å². The van der Waals surface area contributed by atoms with E-state index in [1.807, 2.05) is 60.7 Å². The molecule has 0 aliphatic rings. The maximum Gasteiger partial charge on any atom is 0.280 e. The number of non-ortho nitro benzene ring substituents is 1. The third-order valence-corrected chi connectivity index (χ3v) is 5.61. The zero-order valence-electron chi connectivity index (χ0n) is 19.1. The first-order chi connectivity index (χ1) is 16.9. The Morgan fingerprint density at radius 1 is 0.971 bits per heavy atom. The van der Waals surface area contributed by atoms with Gasteiger partial charge in [0.2, 0.25) is 0 Å². The summed E-state index contributed by atoms with van der Waals surface area (Å²) in [6, 6.07) is 24.4. The fourth-order valence-corrected chi connectivity index (χ4v) is 3.92. The van der Waals surface area contributed by atoms with E-state index in [1.54, 1.807) is 13.8 Å². The van der Waals surface area contributed by atoms with Crippen LogP contribution in [0.3, 0.4) is 0 Å². The number of H-pyrrole nitrogens is 1. The first kappa shape index (κ1) is 23.4. The number of nitro groups is 1. The van der Waals surface area contributed by atoms with Crippen molar-refractivity contribution < 1.29 is 9.72 Å². The number of hydrazone groups is 1. The molecule has 4 aromatic rings. The molecule has 1 aromatic heterocycles. The minimum atomic E-state index is -0.571. The van der Waals surface area contributed by atoms with Gasteiger partial charge in [0.15, 0.2) is 0 Å². The normalized spacial score (nSPS) is 11.5. The highest BCUT2D eigenvalue weighted by Gasteiger charge is 2.23. The van der Waals surface area contributed by atoms with Gasteiger partial charge < -0.3 is 0 Å². The Labute approximate surface area is 200 Å². The maximum absolute atomic E-state index is 13.2. The van der Waals surface area contributed by atoms with E-state index in [0.717, 1.165) is 11.1 Å². The fourth-order valence-electron chi connectivity index (χ4n) is 3.92. The number of nitrogens with zero attached hydrogens (tertiary/aromatic N) is 3. The minimum absolute atomic E-state index is 0.0721. The molecule has 0 atom stereocenters. The fraction of sp³-hybridized carbons (Fsp3) is 0.115. The molecule has 0 fully saturated rings. The number of rotatable bonds is 7. The quantitative estimate of drug-likeness (QED) is 0.241. The number of carbonyl (C=O) groups is 1. The number of benzene rings is 3. The van der Waals surface area contributed by atoms with Crippen molar-refractivity contribution in [3.8, 4) is 5.69 Å². The molecular weight excluding hydrogens is 446 g/mol. The second-order valence-corrected chi connectivity index (χ2v) is 7.95. The van der Waals surface area contributed by atoms with E-state index >= 15 is 0 Å². The van der Waals surface area contributed by atoms with Gasteiger partial charge in [-0.25, -0.2) is 10.1 Å². The average Bonchev–Trinajstić information content (AvgIpc) is 3.17. The van der Waals surface area contributed by atoms with Crippen LogP contribution in [0.1, 0.15) is 35.2 Å². The van der Waals surface area contributed by atoms with Crippen LogP contribution in [0, 0.1) is 17.0 Å². The SMILES string of the molecule is C/C(=N\NC(=O)C(c1ccccc1)c1ccccc1)c1c(C)[nH]n(-c2ccc([N+](=O)[O-])cc2)c1=O. The number of aryl methyl sites for hydroxylation is 1. The minimum Gasteiger partial charge on any atom is -0.295 e. The van der Waals surface area contributed by atoms with Gasteiger partial charge in [0.1, 0.15) is 0 Å². The van der Waals surface area contributed by atoms with E-state index in [4.69, 9.17) is 0 Å². The third kappa shape index (κ3) is 4.93. The largest absolute Gasteiger partial charge is 0.295 e. The molecule has 9 heteroatoms. The van der Waals surface area contributed by atoms with E-state index in [0.29, 0.717) is 22.7 Å². The van der Waals surface area contributed by atoms with Crippen molar-refractivity contribution in [2.45, 2.75) is 19.8 Å². The molecule has 1 heterocycles. The van der Waals surface area contributed by atoms with Crippen LogP contribution >= 0.6 is 0 Å². The molecule has 2 N–H and O–H groups in total. The molecular formula is C26H23N5O4. The molecule has 3 aromatic carbocycles. The number of nitro benzene ring substituents is 1. The van der Waals surface area contributed by atoms with Gasteiger partial charge >= 0.3 is 0 Å². The van der Waals surface area contributed by atoms with Crippen LogP contribution < -0.4 is 11.0 Å². The van der Waals surface area contributed by atoms with Crippen molar-refractivity contribution in [1.82, 2.24) is 15.2 Å². The molecule has 0 aliphatic heterocycles. The summed E-state index contributed by atoms with van der Waals surface area (Å²) in [5, 5.41) is 18.1. The lowest BCUT2D eigenvalue weighted by molar-refractivity contribution is -0.384. The number of nitrogens with one attached hydrogen (secondary N) is 2. The number of hydrogen-bond acceptors (Lipinski definition) is 5. The first-order valence-corrected chi connectivity index (χ1v) is 10.9. The lowest BCUT2D eigenvalue weighted by Crippen LogP contribution is -2.28. The number of aromatic amines is 1. The maximum atomic E-state index is 13.2. The van der Waals surface area contributed by atoms with Crippen LogP contribution in [0.2, 0.25) is 0 Å². The molecule has 9 nitrogen and oxygen atoms in total. The third-order valence-electron chi connectivity index (χ3n) is 5.61. The molecule has 4 rings (SSSR count). The molecule has 35 heavy (non-hydrogen) atoms. The van der Waals surface area contributed by atoms with Crippen LogP contribution in [-0.4, -0.2) is 26.3 Å². The van der Waals surface area contributed by atoms with Crippen LogP contribution in [0.15, 0.2) is 94.8 Å². The monoisotopic (exact) mass is 469 g/mol. The zero-order valence-corrected chi connectivity index (χ0v) is 19.1. The lowest BCUT2D eigenvalue weighted by atomic mass is 9.91. The molecule has 0 saturated heterocycles. The summed E-state index contributed by atoms with van der Waals surface area (Å²) in [4.78, 5) is 36.7. The molecule has 0 aliphatic carbocycles. The van der Waals surface area contributed by atoms with Crippen molar-refractivity contribution in [3.63, 3.8) is 0 Å². The summed E-state index contributed by atoms with van der Waals surface area (Å²) in [6.45, 7) is 3.36. The first-order valence-electron chi connectivity index (χ1n) is 10.9. The number of hydrogen-bond donors (Lipinski definition) is 2. The Bertz CT molecular complexity index is 1400. The number of amides is 1. The predicted octanol–water partition coefficient (Wildman–Crippen LogP) is 4.05. The van der Waals surface area contributed by atoms with E-state index in [-0.39, 0.29) is 17.2 Å². The number of carbonyl (C=O) groups excluding carboxylic acids is 1. The van der Waals surface area contributed by atoms with Gasteiger partial charge in [-0.1, -0.05) is 60.7 Å². The zero-order chi connectivity index (χ0) is 24.9. The van der Waals surface area contributed by atoms with Gasteiger partial charge in [-0.3, -0.25) is 24.8 Å². The van der Waals surface area contributed by atoms with Crippen molar-refractivity contribution in [1.29, 1.82) is 0 Å². The lowest BCUT2D eigenvalue weighted by Gasteiger charge is -2.16. The summed E-state index contributed by atoms with van der Waals surface area (Å²) in [7, 11) is 0. The van der Waals surface area contributed by atoms with E-state index in [2.05, 4.69) is 15.6 Å². The Kier molecular flexibility index (Phi) is 6.68. The number of aromatic nitrogens is 2. The smallest absolute Gasteiger partial charge is 0.280 e. The second kappa shape index (κ2) is 10.0.